The molecule has 2 aromatic heterocycles. The largest absolute Gasteiger partial charge is 0.478 e. The Balaban J connectivity index is 1.57. The molecule has 0 saturated heterocycles. The minimum absolute atomic E-state index is 0.0341. The zero-order chi connectivity index (χ0) is 26.0. The van der Waals surface area contributed by atoms with Crippen LogP contribution in [0.1, 0.15) is 21.9 Å². The molecule has 2 N–H and O–H groups in total. The number of rotatable bonds is 7. The number of hydrogen-bond acceptors (Lipinski definition) is 5. The summed E-state index contributed by atoms with van der Waals surface area (Å²) in [5, 5.41) is 18.3. The number of carbonyl (C=O) groups excluding carboxylic acids is 1. The average Bonchev–Trinajstić information content (AvgIpc) is 3.62. The molecule has 0 spiro atoms. The second kappa shape index (κ2) is 10.6. The van der Waals surface area contributed by atoms with Crippen molar-refractivity contribution in [3.8, 4) is 11.3 Å². The van der Waals surface area contributed by atoms with Crippen molar-refractivity contribution < 1.29 is 14.7 Å². The molecule has 5 nitrogen and oxygen atoms in total. The van der Waals surface area contributed by atoms with E-state index in [1.54, 1.807) is 35.6 Å². The average molecular weight is 568 g/mol. The van der Waals surface area contributed by atoms with Gasteiger partial charge in [-0.3, -0.25) is 4.79 Å². The third kappa shape index (κ3) is 5.13. The Bertz CT molecular complexity index is 1530. The smallest absolute Gasteiger partial charge is 0.332 e. The van der Waals surface area contributed by atoms with Gasteiger partial charge in [0.05, 0.1) is 22.3 Å². The van der Waals surface area contributed by atoms with E-state index in [4.69, 9.17) is 28.2 Å². The lowest BCUT2D eigenvalue weighted by Crippen LogP contribution is -2.44. The predicted octanol–water partition coefficient (Wildman–Crippen LogP) is 7.23. The van der Waals surface area contributed by atoms with Gasteiger partial charge in [-0.1, -0.05) is 77.8 Å². The van der Waals surface area contributed by atoms with Crippen molar-refractivity contribution in [2.75, 3.05) is 0 Å². The highest BCUT2D eigenvalue weighted by Crippen LogP contribution is 2.43. The van der Waals surface area contributed by atoms with Crippen LogP contribution in [0.4, 0.5) is 0 Å². The van der Waals surface area contributed by atoms with Gasteiger partial charge in [-0.05, 0) is 34.7 Å². The first-order valence-electron chi connectivity index (χ1n) is 11.3. The van der Waals surface area contributed by atoms with Crippen molar-refractivity contribution in [3.63, 3.8) is 0 Å². The molecule has 1 unspecified atom stereocenters. The summed E-state index contributed by atoms with van der Waals surface area (Å²) < 4.78 is 0. The van der Waals surface area contributed by atoms with E-state index in [1.165, 1.54) is 11.3 Å². The first-order valence-corrected chi connectivity index (χ1v) is 13.8. The highest BCUT2D eigenvalue weighted by Gasteiger charge is 2.45. The van der Waals surface area contributed by atoms with Crippen molar-refractivity contribution in [2.24, 2.45) is 0 Å². The fourth-order valence-corrected chi connectivity index (χ4v) is 6.19. The van der Waals surface area contributed by atoms with Gasteiger partial charge in [0.15, 0.2) is 0 Å². The van der Waals surface area contributed by atoms with Gasteiger partial charge in [-0.2, -0.15) is 0 Å². The Morgan fingerprint density at radius 3 is 2.51 bits per heavy atom. The van der Waals surface area contributed by atoms with E-state index in [0.29, 0.717) is 32.9 Å². The van der Waals surface area contributed by atoms with Crippen LogP contribution in [0.25, 0.3) is 16.8 Å². The summed E-state index contributed by atoms with van der Waals surface area (Å²) in [6.45, 7) is 0.342. The van der Waals surface area contributed by atoms with Crippen molar-refractivity contribution in [1.82, 2.24) is 10.3 Å². The van der Waals surface area contributed by atoms with Gasteiger partial charge in [0.1, 0.15) is 10.4 Å². The van der Waals surface area contributed by atoms with E-state index in [1.807, 2.05) is 59.3 Å². The van der Waals surface area contributed by atoms with Crippen molar-refractivity contribution in [1.29, 1.82) is 0 Å². The number of carboxylic acids is 1. The Morgan fingerprint density at radius 1 is 1.00 bits per heavy atom. The van der Waals surface area contributed by atoms with Crippen LogP contribution >= 0.6 is 45.9 Å². The highest BCUT2D eigenvalue weighted by molar-refractivity contribution is 7.10. The Morgan fingerprint density at radius 2 is 1.81 bits per heavy atom. The molecule has 0 aliphatic heterocycles. The second-order valence-corrected chi connectivity index (χ2v) is 11.2. The number of nitrogens with one attached hydrogen (secondary N) is 1. The molecule has 2 aromatic carbocycles. The molecule has 9 heteroatoms. The molecule has 4 aromatic rings. The predicted molar refractivity (Wildman–Crippen MR) is 150 cm³/mol. The molecule has 1 aliphatic carbocycles. The number of halogens is 2. The molecule has 186 valence electrons. The number of nitrogens with zero attached hydrogens (tertiary/aromatic N) is 1. The molecule has 5 rings (SSSR count). The van der Waals surface area contributed by atoms with Crippen LogP contribution in [0.2, 0.25) is 10.0 Å². The van der Waals surface area contributed by atoms with Crippen LogP contribution in [-0.4, -0.2) is 22.0 Å². The monoisotopic (exact) mass is 566 g/mol. The summed E-state index contributed by atoms with van der Waals surface area (Å²) in [6, 6.07) is 18.4. The maximum Gasteiger partial charge on any atom is 0.332 e. The summed E-state index contributed by atoms with van der Waals surface area (Å²) in [5.74, 6) is -1.38. The number of benzene rings is 2. The van der Waals surface area contributed by atoms with E-state index in [9.17, 15) is 14.7 Å². The lowest BCUT2D eigenvalue weighted by molar-refractivity contribution is -0.133. The number of aliphatic carboxylic acids is 1. The molecule has 0 bridgehead atoms. The summed E-state index contributed by atoms with van der Waals surface area (Å²) in [5.41, 5.74) is 1.61. The van der Waals surface area contributed by atoms with Crippen molar-refractivity contribution >= 4 is 63.3 Å². The Kier molecular flexibility index (Phi) is 7.31. The Labute approximate surface area is 231 Å². The van der Waals surface area contributed by atoms with Crippen LogP contribution in [0.3, 0.4) is 0 Å². The van der Waals surface area contributed by atoms with E-state index in [2.05, 4.69) is 5.32 Å². The molecule has 0 fully saturated rings. The van der Waals surface area contributed by atoms with Gasteiger partial charge in [0.25, 0.3) is 0 Å². The zero-order valence-corrected chi connectivity index (χ0v) is 22.4. The topological polar surface area (TPSA) is 79.3 Å². The van der Waals surface area contributed by atoms with Crippen LogP contribution in [-0.2, 0) is 21.5 Å². The molecule has 1 amide bonds. The maximum absolute atomic E-state index is 13.8. The highest BCUT2D eigenvalue weighted by atomic mass is 35.5. The van der Waals surface area contributed by atoms with Gasteiger partial charge in [0, 0.05) is 27.8 Å². The van der Waals surface area contributed by atoms with Crippen LogP contribution in [0, 0.1) is 0 Å². The number of carbonyl (C=O) groups is 2. The summed E-state index contributed by atoms with van der Waals surface area (Å²) in [4.78, 5) is 32.1. The number of thiazole rings is 1. The van der Waals surface area contributed by atoms with E-state index in [-0.39, 0.29) is 17.9 Å². The van der Waals surface area contributed by atoms with E-state index >= 15 is 0 Å². The molecule has 1 atom stereocenters. The fourth-order valence-electron chi connectivity index (χ4n) is 4.24. The number of hydrogen-bond donors (Lipinski definition) is 2. The first-order chi connectivity index (χ1) is 17.9. The molecular formula is C28H20Cl2N2O3S2. The van der Waals surface area contributed by atoms with Crippen LogP contribution in [0.5, 0.6) is 0 Å². The molecular weight excluding hydrogens is 547 g/mol. The summed E-state index contributed by atoms with van der Waals surface area (Å²) in [7, 11) is 0. The van der Waals surface area contributed by atoms with Gasteiger partial charge < -0.3 is 10.4 Å². The van der Waals surface area contributed by atoms with Gasteiger partial charge >= 0.3 is 5.97 Å². The third-order valence-corrected chi connectivity index (χ3v) is 8.80. The SMILES string of the molecule is O=C(O)C1=C(c2ccccc2)C=CC(C(=O)NCc2cccs2)(c2nc(-c3ccc(Cl)c(Cl)c3)cs2)C1. The molecule has 2 heterocycles. The lowest BCUT2D eigenvalue weighted by Gasteiger charge is -2.31. The molecule has 0 radical (unpaired) electrons. The third-order valence-electron chi connectivity index (χ3n) is 6.17. The number of thiophene rings is 1. The molecule has 0 saturated carbocycles. The first kappa shape index (κ1) is 25.4. The summed E-state index contributed by atoms with van der Waals surface area (Å²) >= 11 is 15.1. The minimum Gasteiger partial charge on any atom is -0.478 e. The van der Waals surface area contributed by atoms with Crippen molar-refractivity contribution in [3.05, 3.63) is 115 Å². The number of amides is 1. The lowest BCUT2D eigenvalue weighted by atomic mass is 9.74. The Hall–Kier alpha value is -3.23. The number of carboxylic acid groups (broad SMARTS) is 1. The maximum atomic E-state index is 13.8. The quantitative estimate of drug-likeness (QED) is 0.247. The van der Waals surface area contributed by atoms with E-state index < -0.39 is 11.4 Å². The van der Waals surface area contributed by atoms with E-state index in [0.717, 1.165) is 16.0 Å². The zero-order valence-electron chi connectivity index (χ0n) is 19.3. The molecule has 37 heavy (non-hydrogen) atoms. The summed E-state index contributed by atoms with van der Waals surface area (Å²) in [6.07, 6.45) is 3.48. The fraction of sp³-hybridized carbons (Fsp3) is 0.107. The second-order valence-electron chi connectivity index (χ2n) is 8.47. The normalized spacial score (nSPS) is 17.1. The standard InChI is InChI=1S/C28H20Cl2N2O3S2/c29-22-9-8-18(13-23(22)30)24-16-37-27(32-24)28(26(35)31-15-19-7-4-12-36-19)11-10-20(21(14-28)25(33)34)17-5-2-1-3-6-17/h1-13,16H,14-15H2,(H,31,35)(H,33,34). The van der Waals surface area contributed by atoms with Gasteiger partial charge in [0.2, 0.25) is 5.91 Å². The van der Waals surface area contributed by atoms with Crippen LogP contribution < -0.4 is 5.32 Å². The van der Waals surface area contributed by atoms with Gasteiger partial charge in [-0.25, -0.2) is 9.78 Å². The van der Waals surface area contributed by atoms with Crippen LogP contribution in [0.15, 0.2) is 89.1 Å². The minimum atomic E-state index is -1.29. The molecule has 1 aliphatic rings. The van der Waals surface area contributed by atoms with Gasteiger partial charge in [-0.15, -0.1) is 22.7 Å². The number of aromatic nitrogens is 1. The number of allylic oxidation sites excluding steroid dienone is 2. The van der Waals surface area contributed by atoms with Crippen molar-refractivity contribution in [2.45, 2.75) is 18.4 Å².